The van der Waals surface area contributed by atoms with Crippen molar-refractivity contribution in [3.05, 3.63) is 29.3 Å². The molecular weight excluding hydrogens is 202 g/mol. The summed E-state index contributed by atoms with van der Waals surface area (Å²) >= 11 is 0. The van der Waals surface area contributed by atoms with Crippen molar-refractivity contribution in [3.8, 4) is 5.75 Å². The minimum absolute atomic E-state index is 0.0145. The maximum atomic E-state index is 11.8. The van der Waals surface area contributed by atoms with E-state index in [0.717, 1.165) is 24.2 Å². The van der Waals surface area contributed by atoms with Gasteiger partial charge in [0, 0.05) is 19.7 Å². The quantitative estimate of drug-likeness (QED) is 0.780. The van der Waals surface area contributed by atoms with Gasteiger partial charge in [0.15, 0.2) is 0 Å². The highest BCUT2D eigenvalue weighted by atomic mass is 16.5. The fourth-order valence-electron chi connectivity index (χ4n) is 1.48. The lowest BCUT2D eigenvalue weighted by molar-refractivity contribution is 0.0827. The number of hydrogen-bond acceptors (Lipinski definition) is 2. The molecule has 1 aliphatic rings. The Hall–Kier alpha value is -1.51. The van der Waals surface area contributed by atoms with Gasteiger partial charge in [-0.2, -0.15) is 0 Å². The first kappa shape index (κ1) is 11.0. The predicted molar refractivity (Wildman–Crippen MR) is 62.8 cm³/mol. The molecule has 1 aliphatic carbocycles. The minimum Gasteiger partial charge on any atom is -0.490 e. The second-order valence-corrected chi connectivity index (χ2v) is 4.50. The van der Waals surface area contributed by atoms with Crippen LogP contribution in [-0.2, 0) is 0 Å². The van der Waals surface area contributed by atoms with Crippen molar-refractivity contribution in [2.45, 2.75) is 25.9 Å². The summed E-state index contributed by atoms with van der Waals surface area (Å²) in [6.07, 6.45) is 2.62. The molecule has 1 saturated carbocycles. The molecule has 1 aromatic rings. The van der Waals surface area contributed by atoms with E-state index in [-0.39, 0.29) is 5.91 Å². The molecule has 3 heteroatoms. The Kier molecular flexibility index (Phi) is 2.86. The summed E-state index contributed by atoms with van der Waals surface area (Å²) in [5.74, 6) is 0.857. The normalized spacial score (nSPS) is 14.7. The van der Waals surface area contributed by atoms with E-state index in [0.29, 0.717) is 11.7 Å². The molecule has 1 aromatic carbocycles. The standard InChI is InChI=1S/C13H17NO2/c1-9-4-5-10(13(15)14(2)3)8-12(9)16-11-6-7-11/h4-5,8,11H,6-7H2,1-3H3. The molecular formula is C13H17NO2. The van der Waals surface area contributed by atoms with Gasteiger partial charge < -0.3 is 9.64 Å². The van der Waals surface area contributed by atoms with Crippen LogP contribution in [0.1, 0.15) is 28.8 Å². The molecule has 1 amide bonds. The molecule has 1 fully saturated rings. The zero-order chi connectivity index (χ0) is 11.7. The van der Waals surface area contributed by atoms with Crippen molar-refractivity contribution in [1.29, 1.82) is 0 Å². The van der Waals surface area contributed by atoms with Gasteiger partial charge in [0.25, 0.3) is 5.91 Å². The molecule has 0 bridgehead atoms. The van der Waals surface area contributed by atoms with E-state index in [1.54, 1.807) is 19.0 Å². The van der Waals surface area contributed by atoms with Gasteiger partial charge in [-0.3, -0.25) is 4.79 Å². The summed E-state index contributed by atoms with van der Waals surface area (Å²) in [5, 5.41) is 0. The molecule has 0 heterocycles. The van der Waals surface area contributed by atoms with Crippen LogP contribution in [0.5, 0.6) is 5.75 Å². The first-order valence-corrected chi connectivity index (χ1v) is 5.57. The van der Waals surface area contributed by atoms with Crippen molar-refractivity contribution < 1.29 is 9.53 Å². The lowest BCUT2D eigenvalue weighted by atomic mass is 10.1. The van der Waals surface area contributed by atoms with Crippen LogP contribution in [0.15, 0.2) is 18.2 Å². The molecule has 0 atom stereocenters. The molecule has 0 spiro atoms. The van der Waals surface area contributed by atoms with Crippen LogP contribution in [-0.4, -0.2) is 31.0 Å². The van der Waals surface area contributed by atoms with E-state index >= 15 is 0 Å². The van der Waals surface area contributed by atoms with E-state index in [1.165, 1.54) is 0 Å². The zero-order valence-corrected chi connectivity index (χ0v) is 9.99. The first-order chi connectivity index (χ1) is 7.58. The summed E-state index contributed by atoms with van der Waals surface area (Å²) in [5.41, 5.74) is 1.77. The third-order valence-electron chi connectivity index (χ3n) is 2.66. The Bertz CT molecular complexity index is 408. The summed E-state index contributed by atoms with van der Waals surface area (Å²) in [6.45, 7) is 2.00. The lowest BCUT2D eigenvalue weighted by Gasteiger charge is -2.13. The Morgan fingerprint density at radius 3 is 2.62 bits per heavy atom. The Labute approximate surface area is 96.0 Å². The monoisotopic (exact) mass is 219 g/mol. The minimum atomic E-state index is 0.0145. The van der Waals surface area contributed by atoms with Gasteiger partial charge >= 0.3 is 0 Å². The highest BCUT2D eigenvalue weighted by Gasteiger charge is 2.24. The van der Waals surface area contributed by atoms with E-state index < -0.39 is 0 Å². The number of rotatable bonds is 3. The summed E-state index contributed by atoms with van der Waals surface area (Å²) in [7, 11) is 3.51. The largest absolute Gasteiger partial charge is 0.490 e. The Morgan fingerprint density at radius 1 is 1.38 bits per heavy atom. The van der Waals surface area contributed by atoms with Gasteiger partial charge in [0.2, 0.25) is 0 Å². The third-order valence-corrected chi connectivity index (χ3v) is 2.66. The lowest BCUT2D eigenvalue weighted by Crippen LogP contribution is -2.21. The molecule has 3 nitrogen and oxygen atoms in total. The molecule has 16 heavy (non-hydrogen) atoms. The van der Waals surface area contributed by atoms with Crippen molar-refractivity contribution in [2.75, 3.05) is 14.1 Å². The smallest absolute Gasteiger partial charge is 0.253 e. The maximum absolute atomic E-state index is 11.8. The van der Waals surface area contributed by atoms with E-state index in [9.17, 15) is 4.79 Å². The number of aryl methyl sites for hydroxylation is 1. The number of benzene rings is 1. The average Bonchev–Trinajstić information content (AvgIpc) is 3.04. The molecule has 0 N–H and O–H groups in total. The van der Waals surface area contributed by atoms with E-state index in [2.05, 4.69) is 0 Å². The fourth-order valence-corrected chi connectivity index (χ4v) is 1.48. The highest BCUT2D eigenvalue weighted by Crippen LogP contribution is 2.29. The van der Waals surface area contributed by atoms with Crippen LogP contribution in [0.25, 0.3) is 0 Å². The van der Waals surface area contributed by atoms with Crippen LogP contribution < -0.4 is 4.74 Å². The number of hydrogen-bond donors (Lipinski definition) is 0. The van der Waals surface area contributed by atoms with Gasteiger partial charge in [0.1, 0.15) is 5.75 Å². The van der Waals surface area contributed by atoms with Crippen LogP contribution in [0.2, 0.25) is 0 Å². The molecule has 2 rings (SSSR count). The van der Waals surface area contributed by atoms with Crippen LogP contribution >= 0.6 is 0 Å². The molecule has 86 valence electrons. The highest BCUT2D eigenvalue weighted by molar-refractivity contribution is 5.94. The van der Waals surface area contributed by atoms with Gasteiger partial charge in [-0.1, -0.05) is 6.07 Å². The van der Waals surface area contributed by atoms with Crippen molar-refractivity contribution in [2.24, 2.45) is 0 Å². The topological polar surface area (TPSA) is 29.5 Å². The van der Waals surface area contributed by atoms with Crippen LogP contribution in [0, 0.1) is 6.92 Å². The molecule has 0 aliphatic heterocycles. The van der Waals surface area contributed by atoms with Gasteiger partial charge in [-0.05, 0) is 37.5 Å². The third kappa shape index (κ3) is 2.35. The summed E-state index contributed by atoms with van der Waals surface area (Å²) in [6, 6.07) is 5.63. The van der Waals surface area contributed by atoms with Crippen LogP contribution in [0.4, 0.5) is 0 Å². The number of amides is 1. The van der Waals surface area contributed by atoms with Crippen molar-refractivity contribution >= 4 is 5.91 Å². The fraction of sp³-hybridized carbons (Fsp3) is 0.462. The molecule has 0 saturated heterocycles. The predicted octanol–water partition coefficient (Wildman–Crippen LogP) is 2.24. The maximum Gasteiger partial charge on any atom is 0.253 e. The van der Waals surface area contributed by atoms with Crippen molar-refractivity contribution in [3.63, 3.8) is 0 Å². The number of carbonyl (C=O) groups excluding carboxylic acids is 1. The molecule has 0 radical (unpaired) electrons. The first-order valence-electron chi connectivity index (χ1n) is 5.57. The van der Waals surface area contributed by atoms with E-state index in [1.807, 2.05) is 25.1 Å². The van der Waals surface area contributed by atoms with Gasteiger partial charge in [-0.25, -0.2) is 0 Å². The van der Waals surface area contributed by atoms with Gasteiger partial charge in [0.05, 0.1) is 6.10 Å². The SMILES string of the molecule is Cc1ccc(C(=O)N(C)C)cc1OC1CC1. The average molecular weight is 219 g/mol. The summed E-state index contributed by atoms with van der Waals surface area (Å²) < 4.78 is 5.76. The molecule has 0 unspecified atom stereocenters. The number of carbonyl (C=O) groups is 1. The zero-order valence-electron chi connectivity index (χ0n) is 9.99. The van der Waals surface area contributed by atoms with Crippen LogP contribution in [0.3, 0.4) is 0 Å². The Balaban J connectivity index is 2.23. The number of ether oxygens (including phenoxy) is 1. The Morgan fingerprint density at radius 2 is 2.06 bits per heavy atom. The van der Waals surface area contributed by atoms with Gasteiger partial charge in [-0.15, -0.1) is 0 Å². The van der Waals surface area contributed by atoms with Crippen molar-refractivity contribution in [1.82, 2.24) is 4.90 Å². The number of nitrogens with zero attached hydrogens (tertiary/aromatic N) is 1. The molecule has 0 aromatic heterocycles. The summed E-state index contributed by atoms with van der Waals surface area (Å²) in [4.78, 5) is 13.4. The second kappa shape index (κ2) is 4.16. The second-order valence-electron chi connectivity index (χ2n) is 4.50. The van der Waals surface area contributed by atoms with E-state index in [4.69, 9.17) is 4.74 Å².